The van der Waals surface area contributed by atoms with E-state index in [0.29, 0.717) is 28.8 Å². The third-order valence-electron chi connectivity index (χ3n) is 7.11. The average Bonchev–Trinajstić information content (AvgIpc) is 3.42. The summed E-state index contributed by atoms with van der Waals surface area (Å²) < 4.78 is 0. The van der Waals surface area contributed by atoms with Crippen molar-refractivity contribution in [1.29, 1.82) is 0 Å². The van der Waals surface area contributed by atoms with E-state index in [1.807, 2.05) is 67.6 Å². The molecule has 38 heavy (non-hydrogen) atoms. The molecular formula is C31H34Cl2N2O2S. The van der Waals surface area contributed by atoms with Gasteiger partial charge in [-0.05, 0) is 54.2 Å². The van der Waals surface area contributed by atoms with Crippen molar-refractivity contribution in [3.8, 4) is 0 Å². The second-order valence-corrected chi connectivity index (χ2v) is 11.6. The van der Waals surface area contributed by atoms with Gasteiger partial charge >= 0.3 is 0 Å². The molecular weight excluding hydrogens is 535 g/mol. The molecule has 4 nitrogen and oxygen atoms in total. The number of nitrogens with one attached hydrogen (secondary N) is 1. The minimum Gasteiger partial charge on any atom is -0.352 e. The summed E-state index contributed by atoms with van der Waals surface area (Å²) in [5, 5.41) is 4.44. The molecule has 2 amide bonds. The van der Waals surface area contributed by atoms with Gasteiger partial charge in [-0.15, -0.1) is 11.8 Å². The van der Waals surface area contributed by atoms with Crippen molar-refractivity contribution in [2.75, 3.05) is 5.75 Å². The second kappa shape index (κ2) is 14.1. The van der Waals surface area contributed by atoms with Crippen LogP contribution in [-0.2, 0) is 28.3 Å². The standard InChI is InChI=1S/C31H34Cl2N2O2S/c1-22-10-5-6-13-24(22)19-35(30(36)21-38-20-26-27(32)16-9-17-28(26)33)29(18-23-11-3-2-4-12-23)31(37)34-25-14-7-8-15-25/h2-6,9-13,16-17,25,29H,7-8,14-15,18-21H2,1H3,(H,34,37). The van der Waals surface area contributed by atoms with E-state index in [1.54, 1.807) is 17.0 Å². The number of carbonyl (C=O) groups is 2. The Kier molecular flexibility index (Phi) is 10.6. The number of amides is 2. The minimum atomic E-state index is -0.616. The quantitative estimate of drug-likeness (QED) is 0.265. The number of thioether (sulfide) groups is 1. The molecule has 0 radical (unpaired) electrons. The first kappa shape index (κ1) is 28.5. The zero-order valence-corrected chi connectivity index (χ0v) is 24.0. The minimum absolute atomic E-state index is 0.0797. The molecule has 1 N–H and O–H groups in total. The van der Waals surface area contributed by atoms with E-state index in [-0.39, 0.29) is 23.6 Å². The first-order valence-electron chi connectivity index (χ1n) is 13.1. The molecule has 0 aliphatic heterocycles. The van der Waals surface area contributed by atoms with Gasteiger partial charge < -0.3 is 10.2 Å². The van der Waals surface area contributed by atoms with Crippen LogP contribution in [0.3, 0.4) is 0 Å². The Morgan fingerprint density at radius 2 is 1.61 bits per heavy atom. The Bertz CT molecular complexity index is 1210. The number of halogens is 2. The molecule has 7 heteroatoms. The van der Waals surface area contributed by atoms with Gasteiger partial charge in [-0.3, -0.25) is 9.59 Å². The number of benzene rings is 3. The van der Waals surface area contributed by atoms with Crippen LogP contribution in [-0.4, -0.2) is 34.6 Å². The Labute approximate surface area is 240 Å². The number of carbonyl (C=O) groups excluding carboxylic acids is 2. The monoisotopic (exact) mass is 568 g/mol. The first-order chi connectivity index (χ1) is 18.4. The summed E-state index contributed by atoms with van der Waals surface area (Å²) >= 11 is 14.2. The van der Waals surface area contributed by atoms with E-state index in [0.717, 1.165) is 47.9 Å². The molecule has 1 unspecified atom stereocenters. The molecule has 200 valence electrons. The molecule has 1 saturated carbocycles. The van der Waals surface area contributed by atoms with Gasteiger partial charge in [-0.25, -0.2) is 0 Å². The van der Waals surface area contributed by atoms with Crippen LogP contribution in [0.25, 0.3) is 0 Å². The summed E-state index contributed by atoms with van der Waals surface area (Å²) in [7, 11) is 0. The van der Waals surface area contributed by atoms with Gasteiger partial charge in [0, 0.05) is 34.8 Å². The molecule has 0 saturated heterocycles. The lowest BCUT2D eigenvalue weighted by Gasteiger charge is -2.32. The lowest BCUT2D eigenvalue weighted by molar-refractivity contribution is -0.139. The van der Waals surface area contributed by atoms with Gasteiger partial charge in [-0.1, -0.05) is 96.7 Å². The number of hydrogen-bond donors (Lipinski definition) is 1. The zero-order chi connectivity index (χ0) is 26.9. The smallest absolute Gasteiger partial charge is 0.243 e. The molecule has 3 aromatic rings. The van der Waals surface area contributed by atoms with Crippen molar-refractivity contribution in [2.45, 2.75) is 63.4 Å². The van der Waals surface area contributed by atoms with Crippen molar-refractivity contribution in [1.82, 2.24) is 10.2 Å². The molecule has 3 aromatic carbocycles. The maximum Gasteiger partial charge on any atom is 0.243 e. The average molecular weight is 570 g/mol. The van der Waals surface area contributed by atoms with Crippen molar-refractivity contribution in [3.63, 3.8) is 0 Å². The Morgan fingerprint density at radius 3 is 2.29 bits per heavy atom. The molecule has 1 aliphatic carbocycles. The number of hydrogen-bond acceptors (Lipinski definition) is 3. The lowest BCUT2D eigenvalue weighted by Crippen LogP contribution is -2.52. The summed E-state index contributed by atoms with van der Waals surface area (Å²) in [4.78, 5) is 29.4. The molecule has 4 rings (SSSR count). The molecule has 0 spiro atoms. The Balaban J connectivity index is 1.59. The summed E-state index contributed by atoms with van der Waals surface area (Å²) in [6.45, 7) is 2.41. The molecule has 0 heterocycles. The molecule has 0 bridgehead atoms. The van der Waals surface area contributed by atoms with Crippen molar-refractivity contribution >= 4 is 46.8 Å². The highest BCUT2D eigenvalue weighted by Gasteiger charge is 2.32. The third-order valence-corrected chi connectivity index (χ3v) is 8.76. The van der Waals surface area contributed by atoms with Crippen molar-refractivity contribution in [2.24, 2.45) is 0 Å². The van der Waals surface area contributed by atoms with Gasteiger partial charge in [0.2, 0.25) is 11.8 Å². The van der Waals surface area contributed by atoms with Crippen molar-refractivity contribution in [3.05, 3.63) is 105 Å². The highest BCUT2D eigenvalue weighted by atomic mass is 35.5. The first-order valence-corrected chi connectivity index (χ1v) is 15.0. The van der Waals surface area contributed by atoms with Crippen molar-refractivity contribution < 1.29 is 9.59 Å². The summed E-state index contributed by atoms with van der Waals surface area (Å²) in [5.41, 5.74) is 3.97. The summed E-state index contributed by atoms with van der Waals surface area (Å²) in [5.74, 6) is 0.570. The third kappa shape index (κ3) is 7.78. The van der Waals surface area contributed by atoms with E-state index in [1.165, 1.54) is 11.8 Å². The topological polar surface area (TPSA) is 49.4 Å². The van der Waals surface area contributed by atoms with Gasteiger partial charge in [-0.2, -0.15) is 0 Å². The fourth-order valence-electron chi connectivity index (χ4n) is 4.89. The Morgan fingerprint density at radius 1 is 0.947 bits per heavy atom. The van der Waals surface area contributed by atoms with E-state index in [4.69, 9.17) is 23.2 Å². The van der Waals surface area contributed by atoms with Gasteiger partial charge in [0.05, 0.1) is 5.75 Å². The number of nitrogens with zero attached hydrogens (tertiary/aromatic N) is 1. The SMILES string of the molecule is Cc1ccccc1CN(C(=O)CSCc1c(Cl)cccc1Cl)C(Cc1ccccc1)C(=O)NC1CCCC1. The zero-order valence-electron chi connectivity index (χ0n) is 21.7. The molecule has 1 fully saturated rings. The van der Waals surface area contributed by atoms with E-state index in [2.05, 4.69) is 5.32 Å². The van der Waals surface area contributed by atoms with E-state index < -0.39 is 6.04 Å². The fraction of sp³-hybridized carbons (Fsp3) is 0.355. The largest absolute Gasteiger partial charge is 0.352 e. The maximum absolute atomic E-state index is 13.9. The van der Waals surface area contributed by atoms with E-state index in [9.17, 15) is 9.59 Å². The van der Waals surface area contributed by atoms with Crippen LogP contribution in [0, 0.1) is 6.92 Å². The highest BCUT2D eigenvalue weighted by Crippen LogP contribution is 2.29. The van der Waals surface area contributed by atoms with Crippen LogP contribution in [0.4, 0.5) is 0 Å². The molecule has 1 atom stereocenters. The molecule has 1 aliphatic rings. The van der Waals surface area contributed by atoms with Gasteiger partial charge in [0.15, 0.2) is 0 Å². The summed E-state index contributed by atoms with van der Waals surface area (Å²) in [6, 6.07) is 22.9. The predicted molar refractivity (Wildman–Crippen MR) is 159 cm³/mol. The highest BCUT2D eigenvalue weighted by molar-refractivity contribution is 7.99. The fourth-order valence-corrected chi connectivity index (χ4v) is 6.53. The maximum atomic E-state index is 13.9. The lowest BCUT2D eigenvalue weighted by atomic mass is 10.0. The number of aryl methyl sites for hydroxylation is 1. The number of rotatable bonds is 11. The van der Waals surface area contributed by atoms with Gasteiger partial charge in [0.25, 0.3) is 0 Å². The van der Waals surface area contributed by atoms with Crippen LogP contribution in [0.5, 0.6) is 0 Å². The van der Waals surface area contributed by atoms with Crippen LogP contribution < -0.4 is 5.32 Å². The van der Waals surface area contributed by atoms with Crippen LogP contribution in [0.2, 0.25) is 10.0 Å². The second-order valence-electron chi connectivity index (χ2n) is 9.84. The van der Waals surface area contributed by atoms with Crippen LogP contribution >= 0.6 is 35.0 Å². The normalized spacial score (nSPS) is 14.3. The Hall–Kier alpha value is -2.47. The predicted octanol–water partition coefficient (Wildman–Crippen LogP) is 7.23. The molecule has 0 aromatic heterocycles. The summed E-state index contributed by atoms with van der Waals surface area (Å²) in [6.07, 6.45) is 4.69. The van der Waals surface area contributed by atoms with Gasteiger partial charge in [0.1, 0.15) is 6.04 Å². The van der Waals surface area contributed by atoms with E-state index >= 15 is 0 Å². The van der Waals surface area contributed by atoms with Crippen LogP contribution in [0.1, 0.15) is 47.9 Å². The van der Waals surface area contributed by atoms with Crippen LogP contribution in [0.15, 0.2) is 72.8 Å².